The molecule has 0 atom stereocenters. The first-order chi connectivity index (χ1) is 6.65. The first kappa shape index (κ1) is 10.3. The lowest BCUT2D eigenvalue weighted by Crippen LogP contribution is -1.91. The molecule has 1 rings (SSSR count). The molecule has 72 valence electrons. The van der Waals surface area contributed by atoms with Crippen molar-refractivity contribution < 1.29 is 18.0 Å². The summed E-state index contributed by atoms with van der Waals surface area (Å²) in [6.45, 7) is 0. The molecule has 0 fully saturated rings. The van der Waals surface area contributed by atoms with E-state index in [1.54, 1.807) is 0 Å². The molecule has 0 aliphatic carbocycles. The summed E-state index contributed by atoms with van der Waals surface area (Å²) in [5.41, 5.74) is -0.385. The molecule has 4 heteroatoms. The summed E-state index contributed by atoms with van der Waals surface area (Å²) in [5.74, 6) is 1.02. The molecule has 0 aromatic heterocycles. The van der Waals surface area contributed by atoms with E-state index in [2.05, 4.69) is 11.8 Å². The second-order valence-electron chi connectivity index (χ2n) is 2.42. The summed E-state index contributed by atoms with van der Waals surface area (Å²) in [6.07, 6.45) is 0.415. The minimum Gasteiger partial charge on any atom is -0.302 e. The minimum absolute atomic E-state index is 0.0996. The molecule has 0 bridgehead atoms. The molecule has 1 aromatic rings. The Hall–Kier alpha value is -1.76. The van der Waals surface area contributed by atoms with Gasteiger partial charge in [0.05, 0.1) is 12.0 Å². The Morgan fingerprint density at radius 2 is 2.00 bits per heavy atom. The van der Waals surface area contributed by atoms with Gasteiger partial charge in [-0.2, -0.15) is 0 Å². The Labute approximate surface area is 78.5 Å². The fourth-order valence-electron chi connectivity index (χ4n) is 0.835. The van der Waals surface area contributed by atoms with Gasteiger partial charge in [0.2, 0.25) is 0 Å². The number of hydrogen-bond donors (Lipinski definition) is 0. The van der Waals surface area contributed by atoms with Crippen LogP contribution in [-0.4, -0.2) is 6.29 Å². The van der Waals surface area contributed by atoms with Crippen LogP contribution < -0.4 is 0 Å². The van der Waals surface area contributed by atoms with Gasteiger partial charge in [0.25, 0.3) is 0 Å². The summed E-state index contributed by atoms with van der Waals surface area (Å²) >= 11 is 0. The molecule has 0 saturated carbocycles. The van der Waals surface area contributed by atoms with Crippen molar-refractivity contribution in [3.8, 4) is 11.8 Å². The molecular weight excluding hydrogens is 193 g/mol. The van der Waals surface area contributed by atoms with Crippen LogP contribution in [0.25, 0.3) is 0 Å². The zero-order chi connectivity index (χ0) is 10.6. The zero-order valence-corrected chi connectivity index (χ0v) is 6.98. The van der Waals surface area contributed by atoms with Crippen LogP contribution in [0.4, 0.5) is 13.2 Å². The number of carbonyl (C=O) groups is 1. The van der Waals surface area contributed by atoms with Gasteiger partial charge in [0.1, 0.15) is 12.1 Å². The fourth-order valence-corrected chi connectivity index (χ4v) is 0.835. The Bertz CT molecular complexity index is 415. The number of aldehydes is 1. The summed E-state index contributed by atoms with van der Waals surface area (Å²) in [5, 5.41) is 0. The van der Waals surface area contributed by atoms with E-state index in [0.717, 1.165) is 6.07 Å². The van der Waals surface area contributed by atoms with Gasteiger partial charge >= 0.3 is 0 Å². The van der Waals surface area contributed by atoms with E-state index >= 15 is 0 Å². The maximum atomic E-state index is 12.9. The lowest BCUT2D eigenvalue weighted by molar-refractivity contribution is -0.107. The number of hydrogen-bond acceptors (Lipinski definition) is 1. The maximum Gasteiger partial charge on any atom is 0.174 e. The standard InChI is InChI=1S/C10H5F3O/c11-8-5-7(3-1-2-4-14)10(13)9(12)6-8/h4-6H,2H2. The van der Waals surface area contributed by atoms with Crippen LogP contribution in [0.1, 0.15) is 12.0 Å². The molecule has 1 nitrogen and oxygen atoms in total. The van der Waals surface area contributed by atoms with E-state index in [1.807, 2.05) is 0 Å². The lowest BCUT2D eigenvalue weighted by atomic mass is 10.2. The van der Waals surface area contributed by atoms with E-state index in [4.69, 9.17) is 0 Å². The highest BCUT2D eigenvalue weighted by Gasteiger charge is 2.08. The molecule has 0 amide bonds. The van der Waals surface area contributed by atoms with Crippen molar-refractivity contribution >= 4 is 6.29 Å². The predicted octanol–water partition coefficient (Wildman–Crippen LogP) is 2.04. The average molecular weight is 198 g/mol. The largest absolute Gasteiger partial charge is 0.302 e. The Kier molecular flexibility index (Phi) is 3.29. The molecule has 0 aliphatic rings. The maximum absolute atomic E-state index is 12.9. The van der Waals surface area contributed by atoms with Crippen molar-refractivity contribution in [3.63, 3.8) is 0 Å². The van der Waals surface area contributed by atoms with Gasteiger partial charge < -0.3 is 4.79 Å². The molecule has 0 N–H and O–H groups in total. The SMILES string of the molecule is O=CCC#Cc1cc(F)cc(F)c1F. The Balaban J connectivity index is 3.09. The van der Waals surface area contributed by atoms with Crippen molar-refractivity contribution in [2.45, 2.75) is 6.42 Å². The smallest absolute Gasteiger partial charge is 0.174 e. The molecule has 0 aliphatic heterocycles. The van der Waals surface area contributed by atoms with Gasteiger partial charge in [-0.3, -0.25) is 0 Å². The predicted molar refractivity (Wildman–Crippen MR) is 43.9 cm³/mol. The third-order valence-electron chi connectivity index (χ3n) is 1.40. The number of halogens is 3. The minimum atomic E-state index is -1.29. The third-order valence-corrected chi connectivity index (χ3v) is 1.40. The normalized spacial score (nSPS) is 9.07. The van der Waals surface area contributed by atoms with Crippen LogP contribution in [-0.2, 0) is 4.79 Å². The fraction of sp³-hybridized carbons (Fsp3) is 0.100. The van der Waals surface area contributed by atoms with Crippen LogP contribution in [0.3, 0.4) is 0 Å². The van der Waals surface area contributed by atoms with E-state index in [1.165, 1.54) is 0 Å². The van der Waals surface area contributed by atoms with Crippen LogP contribution in [0.15, 0.2) is 12.1 Å². The second kappa shape index (κ2) is 4.47. The van der Waals surface area contributed by atoms with Gasteiger partial charge in [-0.1, -0.05) is 11.8 Å². The zero-order valence-electron chi connectivity index (χ0n) is 6.98. The van der Waals surface area contributed by atoms with Gasteiger partial charge in [-0.05, 0) is 6.07 Å². The highest BCUT2D eigenvalue weighted by Crippen LogP contribution is 2.12. The van der Waals surface area contributed by atoms with Crippen molar-refractivity contribution in [3.05, 3.63) is 35.1 Å². The number of carbonyl (C=O) groups excluding carboxylic acids is 1. The van der Waals surface area contributed by atoms with Crippen LogP contribution in [0.2, 0.25) is 0 Å². The lowest BCUT2D eigenvalue weighted by Gasteiger charge is -1.96. The van der Waals surface area contributed by atoms with Gasteiger partial charge in [0, 0.05) is 6.07 Å². The molecule has 0 radical (unpaired) electrons. The van der Waals surface area contributed by atoms with Crippen molar-refractivity contribution in [2.75, 3.05) is 0 Å². The van der Waals surface area contributed by atoms with E-state index < -0.39 is 17.5 Å². The topological polar surface area (TPSA) is 17.1 Å². The van der Waals surface area contributed by atoms with Crippen LogP contribution in [0.5, 0.6) is 0 Å². The quantitative estimate of drug-likeness (QED) is 0.383. The monoisotopic (exact) mass is 198 g/mol. The molecule has 1 aromatic carbocycles. The summed E-state index contributed by atoms with van der Waals surface area (Å²) in [4.78, 5) is 9.87. The first-order valence-corrected chi connectivity index (χ1v) is 3.72. The van der Waals surface area contributed by atoms with E-state index in [0.29, 0.717) is 12.4 Å². The summed E-state index contributed by atoms with van der Waals surface area (Å²) < 4.78 is 38.0. The third kappa shape index (κ3) is 2.36. The first-order valence-electron chi connectivity index (χ1n) is 3.72. The van der Waals surface area contributed by atoms with Gasteiger partial charge in [0.15, 0.2) is 11.6 Å². The van der Waals surface area contributed by atoms with Crippen LogP contribution in [0, 0.1) is 29.3 Å². The van der Waals surface area contributed by atoms with Gasteiger partial charge in [-0.25, -0.2) is 13.2 Å². The van der Waals surface area contributed by atoms with Crippen molar-refractivity contribution in [1.82, 2.24) is 0 Å². The summed E-state index contributed by atoms with van der Waals surface area (Å²) in [7, 11) is 0. The van der Waals surface area contributed by atoms with Gasteiger partial charge in [-0.15, -0.1) is 0 Å². The molecular formula is C10H5F3O. The van der Waals surface area contributed by atoms with E-state index in [-0.39, 0.29) is 12.0 Å². The molecule has 14 heavy (non-hydrogen) atoms. The van der Waals surface area contributed by atoms with Crippen molar-refractivity contribution in [1.29, 1.82) is 0 Å². The van der Waals surface area contributed by atoms with Crippen molar-refractivity contribution in [2.24, 2.45) is 0 Å². The highest BCUT2D eigenvalue weighted by atomic mass is 19.2. The average Bonchev–Trinajstić information content (AvgIpc) is 2.13. The molecule has 0 saturated heterocycles. The molecule has 0 heterocycles. The van der Waals surface area contributed by atoms with E-state index in [9.17, 15) is 18.0 Å². The highest BCUT2D eigenvalue weighted by molar-refractivity contribution is 5.55. The molecule has 0 spiro atoms. The second-order valence-corrected chi connectivity index (χ2v) is 2.42. The Morgan fingerprint density at radius 3 is 2.64 bits per heavy atom. The summed E-state index contributed by atoms with van der Waals surface area (Å²) in [6, 6.07) is 1.20. The number of rotatable bonds is 1. The Morgan fingerprint density at radius 1 is 1.29 bits per heavy atom. The molecule has 0 unspecified atom stereocenters. The number of benzene rings is 1. The van der Waals surface area contributed by atoms with Crippen LogP contribution >= 0.6 is 0 Å².